The molecule has 0 saturated heterocycles. The number of nitrogens with one attached hydrogen (secondary N) is 2. The lowest BCUT2D eigenvalue weighted by Gasteiger charge is -2.03. The average Bonchev–Trinajstić information content (AvgIpc) is 3.60. The molecule has 1 aromatic carbocycles. The second-order valence-corrected chi connectivity index (χ2v) is 8.93. The molecule has 0 radical (unpaired) electrons. The molecule has 0 aliphatic carbocycles. The highest BCUT2D eigenvalue weighted by Crippen LogP contribution is 2.30. The number of benzene rings is 1. The lowest BCUT2D eigenvalue weighted by Crippen LogP contribution is -1.85. The number of H-pyrrole nitrogens is 2. The molecule has 0 amide bonds. The first kappa shape index (κ1) is 24.8. The number of hydrogen-bond donors (Lipinski definition) is 2. The third-order valence-electron chi connectivity index (χ3n) is 5.96. The number of aryl methyl sites for hydroxylation is 2. The van der Waals surface area contributed by atoms with Crippen molar-refractivity contribution in [1.29, 1.82) is 5.26 Å². The number of nitriles is 1. The van der Waals surface area contributed by atoms with Gasteiger partial charge in [0.2, 0.25) is 0 Å². The van der Waals surface area contributed by atoms with Gasteiger partial charge in [-0.15, -0.1) is 5.92 Å². The van der Waals surface area contributed by atoms with Gasteiger partial charge >= 0.3 is 0 Å². The van der Waals surface area contributed by atoms with Gasteiger partial charge < -0.3 is 14.5 Å². The van der Waals surface area contributed by atoms with Crippen LogP contribution in [0.3, 0.4) is 0 Å². The average molecular weight is 523 g/mol. The Balaban J connectivity index is 0.000000155. The fourth-order valence-corrected chi connectivity index (χ4v) is 4.47. The molecule has 0 aliphatic heterocycles. The maximum atomic E-state index is 13.3. The molecule has 2 N–H and O–H groups in total. The van der Waals surface area contributed by atoms with E-state index in [9.17, 15) is 4.39 Å². The van der Waals surface area contributed by atoms with Crippen LogP contribution in [0.5, 0.6) is 0 Å². The Morgan fingerprint density at radius 2 is 1.55 bits per heavy atom. The summed E-state index contributed by atoms with van der Waals surface area (Å²) in [5, 5.41) is 15.0. The van der Waals surface area contributed by atoms with E-state index < -0.39 is 5.82 Å². The van der Waals surface area contributed by atoms with E-state index in [4.69, 9.17) is 21.4 Å². The zero-order valence-electron chi connectivity index (χ0n) is 20.6. The van der Waals surface area contributed by atoms with E-state index in [1.54, 1.807) is 24.5 Å². The molecule has 6 rings (SSSR count). The van der Waals surface area contributed by atoms with Gasteiger partial charge in [0.1, 0.15) is 28.9 Å². The molecule has 7 nitrogen and oxygen atoms in total. The van der Waals surface area contributed by atoms with Crippen LogP contribution in [-0.4, -0.2) is 25.1 Å². The largest absolute Gasteiger partial charge is 0.361 e. The molecule has 0 spiro atoms. The van der Waals surface area contributed by atoms with E-state index in [-0.39, 0.29) is 0 Å². The van der Waals surface area contributed by atoms with Gasteiger partial charge in [-0.3, -0.25) is 0 Å². The fraction of sp³-hybridized carbons (Fsp3) is 0.103. The summed E-state index contributed by atoms with van der Waals surface area (Å²) in [5.41, 5.74) is 7.15. The van der Waals surface area contributed by atoms with E-state index >= 15 is 0 Å². The number of halogens is 2. The molecule has 0 atom stereocenters. The molecule has 0 saturated carbocycles. The Hall–Kier alpha value is -4.92. The normalized spacial score (nSPS) is 10.5. The van der Waals surface area contributed by atoms with Crippen molar-refractivity contribution in [2.24, 2.45) is 0 Å². The molecule has 38 heavy (non-hydrogen) atoms. The Morgan fingerprint density at radius 1 is 0.895 bits per heavy atom. The quantitative estimate of drug-likeness (QED) is 0.236. The number of aromatic nitrogens is 5. The van der Waals surface area contributed by atoms with Crippen molar-refractivity contribution in [3.05, 3.63) is 88.5 Å². The van der Waals surface area contributed by atoms with Crippen LogP contribution in [0.2, 0.25) is 5.02 Å². The van der Waals surface area contributed by atoms with Crippen LogP contribution in [0.25, 0.3) is 44.3 Å². The maximum Gasteiger partial charge on any atom is 0.141 e. The van der Waals surface area contributed by atoms with Crippen LogP contribution >= 0.6 is 11.6 Å². The highest BCUT2D eigenvalue weighted by molar-refractivity contribution is 6.30. The minimum atomic E-state index is -0.405. The summed E-state index contributed by atoms with van der Waals surface area (Å²) in [6.07, 6.45) is 6.92. The van der Waals surface area contributed by atoms with Crippen molar-refractivity contribution in [1.82, 2.24) is 25.1 Å². The first-order valence-electron chi connectivity index (χ1n) is 11.5. The molecule has 5 heterocycles. The number of nitrogens with zero attached hydrogens (tertiary/aromatic N) is 4. The number of pyridine rings is 2. The number of aromatic amines is 2. The summed E-state index contributed by atoms with van der Waals surface area (Å²) < 4.78 is 18.6. The van der Waals surface area contributed by atoms with E-state index in [1.807, 2.05) is 33.2 Å². The van der Waals surface area contributed by atoms with Crippen LogP contribution in [0.4, 0.5) is 4.39 Å². The number of hydrogen-bond acceptors (Lipinski definition) is 5. The second kappa shape index (κ2) is 10.2. The molecular formula is C29H20ClFN6O. The Morgan fingerprint density at radius 3 is 2.18 bits per heavy atom. The van der Waals surface area contributed by atoms with E-state index in [1.165, 1.54) is 12.1 Å². The van der Waals surface area contributed by atoms with Gasteiger partial charge in [-0.05, 0) is 56.7 Å². The zero-order chi connectivity index (χ0) is 26.8. The first-order valence-corrected chi connectivity index (χ1v) is 11.9. The highest BCUT2D eigenvalue weighted by Gasteiger charge is 2.14. The van der Waals surface area contributed by atoms with Crippen LogP contribution in [0.1, 0.15) is 29.5 Å². The van der Waals surface area contributed by atoms with Gasteiger partial charge in [0, 0.05) is 57.3 Å². The van der Waals surface area contributed by atoms with Gasteiger partial charge in [-0.25, -0.2) is 14.4 Å². The summed E-state index contributed by atoms with van der Waals surface area (Å²) in [5.74, 6) is 6.38. The first-order chi connectivity index (χ1) is 18.4. The molecule has 5 aromatic heterocycles. The lowest BCUT2D eigenvalue weighted by molar-refractivity contribution is 0.393. The standard InChI is InChI=1S/C15H13N3O.C14H7ClFN3/c1-4-5-11-7-16-15-13(11)6-12(8-17-15)14-9(2)18-19-10(14)3;15-11-1-8(2-12(16)4-11)9-3-13-10(5-17)7-19-14(13)18-6-9/h6-8H,1-3H3,(H,16,17);1-4,6-7H,(H,18,19). The fourth-order valence-electron chi connectivity index (χ4n) is 4.25. The maximum absolute atomic E-state index is 13.3. The molecule has 6 aromatic rings. The summed E-state index contributed by atoms with van der Waals surface area (Å²) in [6, 6.07) is 10.2. The molecule has 186 valence electrons. The van der Waals surface area contributed by atoms with Crippen molar-refractivity contribution in [2.45, 2.75) is 20.8 Å². The predicted octanol–water partition coefficient (Wildman–Crippen LogP) is 7.10. The summed E-state index contributed by atoms with van der Waals surface area (Å²) in [6.45, 7) is 5.66. The van der Waals surface area contributed by atoms with Crippen molar-refractivity contribution in [2.75, 3.05) is 0 Å². The third-order valence-corrected chi connectivity index (χ3v) is 6.18. The monoisotopic (exact) mass is 522 g/mol. The van der Waals surface area contributed by atoms with Gasteiger partial charge in [0.25, 0.3) is 0 Å². The van der Waals surface area contributed by atoms with Gasteiger partial charge in [-0.2, -0.15) is 5.26 Å². The van der Waals surface area contributed by atoms with E-state index in [2.05, 4.69) is 49.1 Å². The highest BCUT2D eigenvalue weighted by atomic mass is 35.5. The molecule has 9 heteroatoms. The lowest BCUT2D eigenvalue weighted by atomic mass is 10.0. The topological polar surface area (TPSA) is 107 Å². The molecule has 0 bridgehead atoms. The minimum Gasteiger partial charge on any atom is -0.361 e. The second-order valence-electron chi connectivity index (χ2n) is 8.49. The molecule has 0 unspecified atom stereocenters. The van der Waals surface area contributed by atoms with E-state index in [0.717, 1.165) is 39.2 Å². The van der Waals surface area contributed by atoms with Gasteiger partial charge in [0.05, 0.1) is 16.8 Å². The molecule has 0 aliphatic rings. The van der Waals surface area contributed by atoms with Crippen LogP contribution in [-0.2, 0) is 0 Å². The van der Waals surface area contributed by atoms with Gasteiger partial charge in [-0.1, -0.05) is 22.7 Å². The Kier molecular flexibility index (Phi) is 6.66. The third kappa shape index (κ3) is 4.73. The van der Waals surface area contributed by atoms with Crippen LogP contribution in [0, 0.1) is 42.8 Å². The summed E-state index contributed by atoms with van der Waals surface area (Å²) in [7, 11) is 0. The molecular weight excluding hydrogens is 503 g/mol. The summed E-state index contributed by atoms with van der Waals surface area (Å²) >= 11 is 5.84. The Labute approximate surface area is 222 Å². The van der Waals surface area contributed by atoms with E-state index in [0.29, 0.717) is 32.7 Å². The van der Waals surface area contributed by atoms with Crippen molar-refractivity contribution >= 4 is 33.7 Å². The van der Waals surface area contributed by atoms with Crippen molar-refractivity contribution in [3.8, 4) is 40.2 Å². The predicted molar refractivity (Wildman–Crippen MR) is 145 cm³/mol. The van der Waals surface area contributed by atoms with Crippen LogP contribution < -0.4 is 0 Å². The van der Waals surface area contributed by atoms with Crippen molar-refractivity contribution in [3.63, 3.8) is 0 Å². The zero-order valence-corrected chi connectivity index (χ0v) is 21.4. The number of rotatable bonds is 2. The SMILES string of the molecule is CC#Cc1c[nH]c2ncc(-c3c(C)noc3C)cc12.N#Cc1c[nH]c2ncc(-c3cc(F)cc(Cl)c3)cc12. The van der Waals surface area contributed by atoms with Gasteiger partial charge in [0.15, 0.2) is 0 Å². The van der Waals surface area contributed by atoms with Crippen LogP contribution in [0.15, 0.2) is 59.6 Å². The number of fused-ring (bicyclic) bond motifs is 2. The Bertz CT molecular complexity index is 1880. The summed E-state index contributed by atoms with van der Waals surface area (Å²) in [4.78, 5) is 14.7. The smallest absolute Gasteiger partial charge is 0.141 e. The minimum absolute atomic E-state index is 0.324. The van der Waals surface area contributed by atoms with Crippen molar-refractivity contribution < 1.29 is 8.91 Å². The molecule has 0 fully saturated rings.